The van der Waals surface area contributed by atoms with Crippen molar-refractivity contribution in [3.8, 4) is 11.1 Å². The molecule has 1 saturated carbocycles. The molecule has 2 heterocycles. The number of halogens is 1. The van der Waals surface area contributed by atoms with Crippen LogP contribution in [0.4, 0.5) is 10.1 Å². The van der Waals surface area contributed by atoms with Crippen LogP contribution in [-0.4, -0.2) is 27.6 Å². The Morgan fingerprint density at radius 3 is 2.62 bits per heavy atom. The zero-order valence-electron chi connectivity index (χ0n) is 19.3. The maximum absolute atomic E-state index is 15.0. The Morgan fingerprint density at radius 2 is 1.94 bits per heavy atom. The molecule has 0 spiro atoms. The molecule has 2 amide bonds. The van der Waals surface area contributed by atoms with E-state index in [0.717, 1.165) is 37.7 Å². The molecule has 8 nitrogen and oxygen atoms in total. The molecule has 178 valence electrons. The summed E-state index contributed by atoms with van der Waals surface area (Å²) in [5.74, 6) is -1.32. The third-order valence-electron chi connectivity index (χ3n) is 6.42. The van der Waals surface area contributed by atoms with Crippen LogP contribution in [0.2, 0.25) is 0 Å². The van der Waals surface area contributed by atoms with Crippen molar-refractivity contribution in [1.82, 2.24) is 15.1 Å². The summed E-state index contributed by atoms with van der Waals surface area (Å²) in [6.07, 6.45) is 8.97. The van der Waals surface area contributed by atoms with E-state index in [-0.39, 0.29) is 29.0 Å². The summed E-state index contributed by atoms with van der Waals surface area (Å²) in [6, 6.07) is 6.83. The predicted octanol–water partition coefficient (Wildman–Crippen LogP) is 3.49. The molecule has 1 aliphatic rings. The molecule has 1 aliphatic carbocycles. The summed E-state index contributed by atoms with van der Waals surface area (Å²) in [5, 5.41) is 21.3. The van der Waals surface area contributed by atoms with Crippen molar-refractivity contribution in [2.45, 2.75) is 45.1 Å². The number of aromatic nitrogens is 3. The molecular weight excluding hydrogens is 437 g/mol. The van der Waals surface area contributed by atoms with Crippen LogP contribution in [0.3, 0.4) is 0 Å². The Balaban J connectivity index is 1.54. The quantitative estimate of drug-likeness (QED) is 0.430. The SMILES string of the molecule is Cc1cc[n+]([O-])cc1-c1ccc(NC(=O)[C@H](NC(=O)c2ccnn2C)C2CCCCC2)cc1F. The molecule has 0 aliphatic heterocycles. The fourth-order valence-corrected chi connectivity index (χ4v) is 4.54. The smallest absolute Gasteiger partial charge is 0.270 e. The minimum Gasteiger partial charge on any atom is -0.619 e. The second kappa shape index (κ2) is 10.0. The van der Waals surface area contributed by atoms with Crippen LogP contribution in [0.5, 0.6) is 0 Å². The normalized spacial score (nSPS) is 15.0. The zero-order valence-corrected chi connectivity index (χ0v) is 19.3. The molecule has 4 rings (SSSR count). The molecule has 1 atom stereocenters. The first kappa shape index (κ1) is 23.4. The fourth-order valence-electron chi connectivity index (χ4n) is 4.54. The van der Waals surface area contributed by atoms with Crippen molar-refractivity contribution < 1.29 is 18.7 Å². The lowest BCUT2D eigenvalue weighted by atomic mass is 9.83. The number of amides is 2. The number of anilines is 1. The van der Waals surface area contributed by atoms with E-state index in [1.165, 1.54) is 35.4 Å². The number of pyridine rings is 1. The lowest BCUT2D eigenvalue weighted by Crippen LogP contribution is -2.49. The molecule has 2 N–H and O–H groups in total. The summed E-state index contributed by atoms with van der Waals surface area (Å²) < 4.78 is 17.0. The van der Waals surface area contributed by atoms with Gasteiger partial charge >= 0.3 is 0 Å². The number of hydrogen-bond acceptors (Lipinski definition) is 4. The van der Waals surface area contributed by atoms with Gasteiger partial charge in [-0.2, -0.15) is 9.83 Å². The lowest BCUT2D eigenvalue weighted by molar-refractivity contribution is -0.604. The molecule has 3 aromatic rings. The third-order valence-corrected chi connectivity index (χ3v) is 6.42. The molecule has 0 bridgehead atoms. The largest absolute Gasteiger partial charge is 0.619 e. The van der Waals surface area contributed by atoms with Gasteiger partial charge < -0.3 is 15.8 Å². The number of benzene rings is 1. The van der Waals surface area contributed by atoms with Crippen molar-refractivity contribution in [2.24, 2.45) is 13.0 Å². The van der Waals surface area contributed by atoms with Gasteiger partial charge in [0.2, 0.25) is 5.91 Å². The first-order chi connectivity index (χ1) is 16.3. The van der Waals surface area contributed by atoms with E-state index in [0.29, 0.717) is 16.0 Å². The highest BCUT2D eigenvalue weighted by atomic mass is 19.1. The molecule has 1 fully saturated rings. The monoisotopic (exact) mass is 465 g/mol. The number of carbonyl (C=O) groups is 2. The molecule has 1 aromatic carbocycles. The minimum absolute atomic E-state index is 0.00508. The summed E-state index contributed by atoms with van der Waals surface area (Å²) in [4.78, 5) is 26.1. The van der Waals surface area contributed by atoms with Gasteiger partial charge in [0.15, 0.2) is 12.4 Å². The molecule has 0 radical (unpaired) electrons. The highest BCUT2D eigenvalue weighted by molar-refractivity contribution is 6.00. The topological polar surface area (TPSA) is 103 Å². The van der Waals surface area contributed by atoms with Gasteiger partial charge in [-0.25, -0.2) is 4.39 Å². The lowest BCUT2D eigenvalue weighted by Gasteiger charge is -2.30. The van der Waals surface area contributed by atoms with E-state index in [1.54, 1.807) is 32.2 Å². The molecule has 9 heteroatoms. The molecular formula is C25H28FN5O3. The van der Waals surface area contributed by atoms with Gasteiger partial charge in [0.1, 0.15) is 17.6 Å². The minimum atomic E-state index is -0.749. The Labute approximate surface area is 197 Å². The Hall–Kier alpha value is -3.75. The van der Waals surface area contributed by atoms with Crippen LogP contribution < -0.4 is 15.4 Å². The van der Waals surface area contributed by atoms with Gasteiger partial charge in [-0.3, -0.25) is 14.3 Å². The zero-order chi connectivity index (χ0) is 24.2. The number of carbonyl (C=O) groups excluding carboxylic acids is 2. The van der Waals surface area contributed by atoms with E-state index < -0.39 is 11.9 Å². The maximum atomic E-state index is 15.0. The van der Waals surface area contributed by atoms with Crippen molar-refractivity contribution in [3.05, 3.63) is 71.2 Å². The van der Waals surface area contributed by atoms with Gasteiger partial charge in [-0.05, 0) is 55.5 Å². The van der Waals surface area contributed by atoms with Crippen LogP contribution >= 0.6 is 0 Å². The number of hydrogen-bond donors (Lipinski definition) is 2. The standard InChI is InChI=1S/C25H28FN5O3/c1-16-11-13-31(34)15-20(16)19-9-8-18(14-21(19)26)28-25(33)23(17-6-4-3-5-7-17)29-24(32)22-10-12-27-30(22)2/h8-15,17,23H,3-7H2,1-2H3,(H,28,33)(H,29,32)/t23-/m1/s1. The number of nitrogens with one attached hydrogen (secondary N) is 2. The molecule has 0 saturated heterocycles. The second-order valence-corrected chi connectivity index (χ2v) is 8.77. The highest BCUT2D eigenvalue weighted by Gasteiger charge is 2.32. The van der Waals surface area contributed by atoms with Gasteiger partial charge in [-0.15, -0.1) is 0 Å². The molecule has 0 unspecified atom stereocenters. The first-order valence-electron chi connectivity index (χ1n) is 11.4. The van der Waals surface area contributed by atoms with E-state index in [4.69, 9.17) is 0 Å². The first-order valence-corrected chi connectivity index (χ1v) is 11.4. The van der Waals surface area contributed by atoms with Crippen LogP contribution in [0.15, 0.2) is 48.9 Å². The van der Waals surface area contributed by atoms with Gasteiger partial charge in [0.25, 0.3) is 5.91 Å². The summed E-state index contributed by atoms with van der Waals surface area (Å²) in [5.41, 5.74) is 2.16. The van der Waals surface area contributed by atoms with Crippen LogP contribution in [0.1, 0.15) is 48.2 Å². The average molecular weight is 466 g/mol. The van der Waals surface area contributed by atoms with Crippen LogP contribution in [-0.2, 0) is 11.8 Å². The number of rotatable bonds is 6. The van der Waals surface area contributed by atoms with E-state index in [1.807, 2.05) is 0 Å². The highest BCUT2D eigenvalue weighted by Crippen LogP contribution is 2.29. The Bertz CT molecular complexity index is 1200. The van der Waals surface area contributed by atoms with Crippen molar-refractivity contribution in [1.29, 1.82) is 0 Å². The predicted molar refractivity (Wildman–Crippen MR) is 125 cm³/mol. The van der Waals surface area contributed by atoms with Crippen LogP contribution in [0, 0.1) is 23.9 Å². The second-order valence-electron chi connectivity index (χ2n) is 8.77. The maximum Gasteiger partial charge on any atom is 0.270 e. The van der Waals surface area contributed by atoms with E-state index in [2.05, 4.69) is 15.7 Å². The van der Waals surface area contributed by atoms with E-state index >= 15 is 0 Å². The Morgan fingerprint density at radius 1 is 1.18 bits per heavy atom. The number of aryl methyl sites for hydroxylation is 2. The van der Waals surface area contributed by atoms with Crippen molar-refractivity contribution in [2.75, 3.05) is 5.32 Å². The van der Waals surface area contributed by atoms with Gasteiger partial charge in [0, 0.05) is 30.6 Å². The summed E-state index contributed by atoms with van der Waals surface area (Å²) in [6.45, 7) is 1.80. The van der Waals surface area contributed by atoms with E-state index in [9.17, 15) is 19.2 Å². The Kier molecular flexibility index (Phi) is 6.90. The van der Waals surface area contributed by atoms with Gasteiger partial charge in [-0.1, -0.05) is 19.3 Å². The molecule has 2 aromatic heterocycles. The van der Waals surface area contributed by atoms with Crippen molar-refractivity contribution >= 4 is 17.5 Å². The van der Waals surface area contributed by atoms with Crippen molar-refractivity contribution in [3.63, 3.8) is 0 Å². The average Bonchev–Trinajstić information content (AvgIpc) is 3.25. The van der Waals surface area contributed by atoms with Gasteiger partial charge in [0.05, 0.1) is 5.56 Å². The summed E-state index contributed by atoms with van der Waals surface area (Å²) >= 11 is 0. The van der Waals surface area contributed by atoms with Crippen LogP contribution in [0.25, 0.3) is 11.1 Å². The number of nitrogens with zero attached hydrogens (tertiary/aromatic N) is 3. The fraction of sp³-hybridized carbons (Fsp3) is 0.360. The third kappa shape index (κ3) is 5.08. The molecule has 34 heavy (non-hydrogen) atoms. The summed E-state index contributed by atoms with van der Waals surface area (Å²) in [7, 11) is 1.66.